The Morgan fingerprint density at radius 1 is 1.32 bits per heavy atom. The average molecular weight is 342 g/mol. The number of ether oxygens (including phenoxy) is 2. The van der Waals surface area contributed by atoms with Gasteiger partial charge in [-0.1, -0.05) is 24.3 Å². The van der Waals surface area contributed by atoms with Crippen molar-refractivity contribution in [2.45, 2.75) is 6.10 Å². The first-order chi connectivity index (χ1) is 12.0. The van der Waals surface area contributed by atoms with Gasteiger partial charge in [-0.2, -0.15) is 0 Å². The summed E-state index contributed by atoms with van der Waals surface area (Å²) >= 11 is 0. The van der Waals surface area contributed by atoms with Crippen molar-refractivity contribution in [2.24, 2.45) is 0 Å². The molecule has 0 fully saturated rings. The number of likely N-dealkylation sites (N-methyl/N-ethyl adjacent to an activating group) is 1. The predicted octanol–water partition coefficient (Wildman–Crippen LogP) is 0.179. The van der Waals surface area contributed by atoms with Gasteiger partial charge in [-0.05, 0) is 25.4 Å². The number of hydrogen-bond donors (Lipinski definition) is 0. The standard InChI is InChI=1S/C18H18N2O5/c1-19(2)9-10-24-18(21)17-14-6-4-3-5-13(14)15-11-12(20(22)23)7-8-16(15)25-17/h3-8,11,16H,9-10H2,1-2H3. The van der Waals surface area contributed by atoms with E-state index < -0.39 is 17.0 Å². The maximum atomic E-state index is 12.4. The lowest BCUT2D eigenvalue weighted by Gasteiger charge is -2.24. The number of carbonyl (C=O) groups excluding carboxylic acids is 1. The third-order valence-electron chi connectivity index (χ3n) is 3.95. The number of nitro groups is 1. The van der Waals surface area contributed by atoms with Gasteiger partial charge in [0.2, 0.25) is 5.76 Å². The Kier molecular flexibility index (Phi) is 4.67. The fourth-order valence-electron chi connectivity index (χ4n) is 2.69. The zero-order valence-electron chi connectivity index (χ0n) is 14.0. The first kappa shape index (κ1) is 16.9. The topological polar surface area (TPSA) is 81.9 Å². The van der Waals surface area contributed by atoms with E-state index in [0.29, 0.717) is 17.3 Å². The van der Waals surface area contributed by atoms with E-state index in [4.69, 9.17) is 9.47 Å². The molecule has 25 heavy (non-hydrogen) atoms. The molecule has 3 rings (SSSR count). The molecule has 1 aromatic carbocycles. The third kappa shape index (κ3) is 3.46. The second-order valence-corrected chi connectivity index (χ2v) is 5.99. The first-order valence-corrected chi connectivity index (χ1v) is 7.83. The van der Waals surface area contributed by atoms with Crippen LogP contribution in [0.25, 0.3) is 11.3 Å². The minimum absolute atomic E-state index is 0.0123. The van der Waals surface area contributed by atoms with Crippen LogP contribution in [-0.2, 0) is 14.3 Å². The smallest absolute Gasteiger partial charge is 0.374 e. The highest BCUT2D eigenvalue weighted by Crippen LogP contribution is 2.24. The molecule has 1 aromatic rings. The molecule has 7 nitrogen and oxygen atoms in total. The van der Waals surface area contributed by atoms with E-state index in [-0.39, 0.29) is 18.1 Å². The minimum atomic E-state index is -0.546. The summed E-state index contributed by atoms with van der Waals surface area (Å²) < 4.78 is 11.1. The second kappa shape index (κ2) is 6.90. The Balaban J connectivity index is 2.05. The molecular formula is C18H18N2O5. The Morgan fingerprint density at radius 3 is 2.72 bits per heavy atom. The fraction of sp³-hybridized carbons (Fsp3) is 0.278. The highest BCUT2D eigenvalue weighted by Gasteiger charge is 2.29. The largest absolute Gasteiger partial charge is 0.474 e. The van der Waals surface area contributed by atoms with Crippen LogP contribution in [0.1, 0.15) is 0 Å². The van der Waals surface area contributed by atoms with Crippen molar-refractivity contribution < 1.29 is 19.2 Å². The number of allylic oxidation sites excluding steroid dienone is 1. The van der Waals surface area contributed by atoms with Crippen LogP contribution in [0.5, 0.6) is 0 Å². The SMILES string of the molecule is CN(C)CCOC(=O)C1=c2ccccc2=C2C=C([N+](=O)[O-])C=CC2O1. The number of esters is 1. The van der Waals surface area contributed by atoms with E-state index in [1.54, 1.807) is 18.2 Å². The number of rotatable bonds is 5. The van der Waals surface area contributed by atoms with Crippen LogP contribution in [0, 0.1) is 10.1 Å². The Hall–Kier alpha value is -2.93. The van der Waals surface area contributed by atoms with Crippen molar-refractivity contribution >= 4 is 17.3 Å². The molecule has 1 heterocycles. The van der Waals surface area contributed by atoms with Crippen LogP contribution in [0.3, 0.4) is 0 Å². The summed E-state index contributed by atoms with van der Waals surface area (Å²) in [6.07, 6.45) is 3.90. The molecule has 0 aromatic heterocycles. The summed E-state index contributed by atoms with van der Waals surface area (Å²) in [5.74, 6) is -0.406. The quantitative estimate of drug-likeness (QED) is 0.431. The van der Waals surface area contributed by atoms with Gasteiger partial charge in [0, 0.05) is 29.5 Å². The molecule has 0 spiro atoms. The maximum Gasteiger partial charge on any atom is 0.374 e. The van der Waals surface area contributed by atoms with Crippen molar-refractivity contribution in [3.8, 4) is 0 Å². The predicted molar refractivity (Wildman–Crippen MR) is 91.1 cm³/mol. The summed E-state index contributed by atoms with van der Waals surface area (Å²) in [5, 5.41) is 12.4. The third-order valence-corrected chi connectivity index (χ3v) is 3.95. The van der Waals surface area contributed by atoms with Crippen LogP contribution in [0.15, 0.2) is 48.2 Å². The molecule has 7 heteroatoms. The number of nitrogens with zero attached hydrogens (tertiary/aromatic N) is 2. The second-order valence-electron chi connectivity index (χ2n) is 5.99. The highest BCUT2D eigenvalue weighted by molar-refractivity contribution is 6.07. The maximum absolute atomic E-state index is 12.4. The number of benzene rings is 1. The zero-order chi connectivity index (χ0) is 18.0. The Labute approximate surface area is 144 Å². The molecule has 2 aliphatic rings. The summed E-state index contributed by atoms with van der Waals surface area (Å²) in [5.41, 5.74) is 0.649. The molecule has 130 valence electrons. The zero-order valence-corrected chi connectivity index (χ0v) is 14.0. The normalized spacial score (nSPS) is 18.2. The summed E-state index contributed by atoms with van der Waals surface area (Å²) in [4.78, 5) is 24.9. The van der Waals surface area contributed by atoms with Crippen molar-refractivity contribution in [3.63, 3.8) is 0 Å². The van der Waals surface area contributed by atoms with Crippen molar-refractivity contribution in [1.29, 1.82) is 0 Å². The van der Waals surface area contributed by atoms with Gasteiger partial charge < -0.3 is 14.4 Å². The molecule has 0 N–H and O–H groups in total. The Morgan fingerprint density at radius 2 is 2.04 bits per heavy atom. The summed E-state index contributed by atoms with van der Waals surface area (Å²) in [7, 11) is 3.78. The van der Waals surface area contributed by atoms with Crippen molar-refractivity contribution in [1.82, 2.24) is 4.90 Å². The van der Waals surface area contributed by atoms with Crippen LogP contribution >= 0.6 is 0 Å². The first-order valence-electron chi connectivity index (χ1n) is 7.83. The average Bonchev–Trinajstić information content (AvgIpc) is 2.60. The molecular weight excluding hydrogens is 324 g/mol. The van der Waals surface area contributed by atoms with Crippen LogP contribution in [0.2, 0.25) is 0 Å². The van der Waals surface area contributed by atoms with E-state index in [1.165, 1.54) is 12.2 Å². The molecule has 1 atom stereocenters. The van der Waals surface area contributed by atoms with E-state index in [9.17, 15) is 14.9 Å². The lowest BCUT2D eigenvalue weighted by molar-refractivity contribution is -0.419. The van der Waals surface area contributed by atoms with Gasteiger partial charge in [-0.15, -0.1) is 0 Å². The van der Waals surface area contributed by atoms with Gasteiger partial charge >= 0.3 is 5.97 Å². The van der Waals surface area contributed by atoms with Gasteiger partial charge in [0.1, 0.15) is 12.7 Å². The summed E-state index contributed by atoms with van der Waals surface area (Å²) in [6.45, 7) is 0.861. The molecule has 0 saturated carbocycles. The van der Waals surface area contributed by atoms with Gasteiger partial charge in [0.25, 0.3) is 5.70 Å². The summed E-state index contributed by atoms with van der Waals surface area (Å²) in [6, 6.07) is 7.17. The fourth-order valence-corrected chi connectivity index (χ4v) is 2.69. The van der Waals surface area contributed by atoms with Crippen LogP contribution in [0.4, 0.5) is 0 Å². The van der Waals surface area contributed by atoms with Gasteiger partial charge in [-0.3, -0.25) is 10.1 Å². The van der Waals surface area contributed by atoms with Crippen molar-refractivity contribution in [3.05, 3.63) is 68.7 Å². The monoisotopic (exact) mass is 342 g/mol. The molecule has 1 unspecified atom stereocenters. The van der Waals surface area contributed by atoms with E-state index >= 15 is 0 Å². The van der Waals surface area contributed by atoms with E-state index in [1.807, 2.05) is 31.1 Å². The minimum Gasteiger partial charge on any atom is -0.474 e. The van der Waals surface area contributed by atoms with Crippen LogP contribution < -0.4 is 10.4 Å². The molecule has 0 radical (unpaired) electrons. The molecule has 1 aliphatic carbocycles. The van der Waals surface area contributed by atoms with Gasteiger partial charge in [0.05, 0.1) is 4.92 Å². The number of carbonyl (C=O) groups is 1. The van der Waals surface area contributed by atoms with E-state index in [2.05, 4.69) is 0 Å². The lowest BCUT2D eigenvalue weighted by atomic mass is 9.96. The lowest BCUT2D eigenvalue weighted by Crippen LogP contribution is -2.41. The number of fused-ring (bicyclic) bond motifs is 2. The van der Waals surface area contributed by atoms with Gasteiger partial charge in [-0.25, -0.2) is 4.79 Å². The molecule has 1 aliphatic heterocycles. The van der Waals surface area contributed by atoms with E-state index in [0.717, 1.165) is 5.22 Å². The van der Waals surface area contributed by atoms with Crippen molar-refractivity contribution in [2.75, 3.05) is 27.2 Å². The highest BCUT2D eigenvalue weighted by atomic mass is 16.6. The van der Waals surface area contributed by atoms with Gasteiger partial charge in [0.15, 0.2) is 0 Å². The molecule has 0 amide bonds. The number of hydrogen-bond acceptors (Lipinski definition) is 6. The Bertz CT molecular complexity index is 898. The molecule has 0 bridgehead atoms. The molecule has 0 saturated heterocycles. The van der Waals surface area contributed by atoms with Crippen LogP contribution in [-0.4, -0.2) is 49.1 Å².